The van der Waals surface area contributed by atoms with Crippen molar-refractivity contribution < 1.29 is 19.1 Å². The number of hydrogen-bond acceptors (Lipinski definition) is 4. The Bertz CT molecular complexity index is 533. The molecule has 0 aromatic heterocycles. The fourth-order valence-electron chi connectivity index (χ4n) is 1.15. The summed E-state index contributed by atoms with van der Waals surface area (Å²) in [4.78, 5) is 33.6. The van der Waals surface area contributed by atoms with E-state index in [2.05, 4.69) is 0 Å². The number of hydrogen-bond donors (Lipinski definition) is 2. The first-order valence-electron chi connectivity index (χ1n) is 5.07. The van der Waals surface area contributed by atoms with E-state index in [0.29, 0.717) is 5.02 Å². The van der Waals surface area contributed by atoms with E-state index in [4.69, 9.17) is 33.7 Å². The Kier molecular flexibility index (Phi) is 5.14. The lowest BCUT2D eigenvalue weighted by molar-refractivity contribution is -0.127. The molecule has 0 saturated carbocycles. The molecule has 0 aliphatic rings. The van der Waals surface area contributed by atoms with Crippen molar-refractivity contribution in [1.29, 1.82) is 0 Å². The molecular formula is C11H10Cl2N2O4. The minimum atomic E-state index is -1.20. The fourth-order valence-corrected chi connectivity index (χ4v) is 1.52. The zero-order valence-electron chi connectivity index (χ0n) is 9.78. The van der Waals surface area contributed by atoms with E-state index in [1.165, 1.54) is 25.1 Å². The number of esters is 1. The van der Waals surface area contributed by atoms with Crippen LogP contribution >= 0.6 is 23.2 Å². The number of rotatable bonds is 3. The van der Waals surface area contributed by atoms with E-state index in [9.17, 15) is 14.4 Å². The Hall–Kier alpha value is -1.79. The summed E-state index contributed by atoms with van der Waals surface area (Å²) < 4.78 is 4.83. The summed E-state index contributed by atoms with van der Waals surface area (Å²) in [6, 6.07) is 3.21. The number of carbonyl (C=O) groups is 3. The van der Waals surface area contributed by atoms with Crippen molar-refractivity contribution in [3.63, 3.8) is 0 Å². The second-order valence-electron chi connectivity index (χ2n) is 3.53. The first kappa shape index (κ1) is 15.3. The summed E-state index contributed by atoms with van der Waals surface area (Å²) >= 11 is 11.5. The molecule has 0 fully saturated rings. The Morgan fingerprint density at radius 1 is 1.32 bits per heavy atom. The topological polar surface area (TPSA) is 98.5 Å². The lowest BCUT2D eigenvalue weighted by atomic mass is 10.2. The Labute approximate surface area is 118 Å². The molecule has 0 aliphatic heterocycles. The van der Waals surface area contributed by atoms with Crippen LogP contribution in [0.15, 0.2) is 18.2 Å². The van der Waals surface area contributed by atoms with E-state index in [-0.39, 0.29) is 10.6 Å². The van der Waals surface area contributed by atoms with E-state index in [1.807, 2.05) is 0 Å². The van der Waals surface area contributed by atoms with Gasteiger partial charge in [0.2, 0.25) is 0 Å². The Morgan fingerprint density at radius 2 is 1.95 bits per heavy atom. The minimum absolute atomic E-state index is 0.0212. The van der Waals surface area contributed by atoms with Gasteiger partial charge in [-0.15, -0.1) is 0 Å². The summed E-state index contributed by atoms with van der Waals surface area (Å²) in [7, 11) is 0. The molecule has 102 valence electrons. The van der Waals surface area contributed by atoms with Gasteiger partial charge in [-0.3, -0.25) is 10.1 Å². The molecule has 0 saturated heterocycles. The number of halogens is 2. The number of benzene rings is 1. The normalized spacial score (nSPS) is 11.5. The molecule has 1 aromatic carbocycles. The lowest BCUT2D eigenvalue weighted by Crippen LogP contribution is -2.42. The maximum atomic E-state index is 11.8. The smallest absolute Gasteiger partial charge is 0.340 e. The third-order valence-corrected chi connectivity index (χ3v) is 2.61. The first-order valence-corrected chi connectivity index (χ1v) is 5.83. The fraction of sp³-hybridized carbons (Fsp3) is 0.182. The molecule has 0 spiro atoms. The molecule has 3 amide bonds. The van der Waals surface area contributed by atoms with Gasteiger partial charge in [0, 0.05) is 5.02 Å². The van der Waals surface area contributed by atoms with E-state index >= 15 is 0 Å². The molecule has 1 atom stereocenters. The van der Waals surface area contributed by atoms with E-state index < -0.39 is 24.0 Å². The van der Waals surface area contributed by atoms with E-state index in [1.54, 1.807) is 5.32 Å². The maximum absolute atomic E-state index is 11.8. The molecule has 1 unspecified atom stereocenters. The van der Waals surface area contributed by atoms with Crippen molar-refractivity contribution in [2.45, 2.75) is 13.0 Å². The number of nitrogens with one attached hydrogen (secondary N) is 1. The number of carbonyl (C=O) groups excluding carboxylic acids is 3. The number of imide groups is 1. The third-order valence-electron chi connectivity index (χ3n) is 2.05. The molecule has 1 aromatic rings. The summed E-state index contributed by atoms with van der Waals surface area (Å²) in [6.45, 7) is 1.29. The van der Waals surface area contributed by atoms with Crippen LogP contribution in [-0.4, -0.2) is 24.0 Å². The van der Waals surface area contributed by atoms with E-state index in [0.717, 1.165) is 0 Å². The van der Waals surface area contributed by atoms with Crippen LogP contribution in [0.3, 0.4) is 0 Å². The minimum Gasteiger partial charge on any atom is -0.449 e. The van der Waals surface area contributed by atoms with Crippen LogP contribution in [-0.2, 0) is 9.53 Å². The van der Waals surface area contributed by atoms with Crippen LogP contribution < -0.4 is 11.1 Å². The maximum Gasteiger partial charge on any atom is 0.340 e. The van der Waals surface area contributed by atoms with Crippen molar-refractivity contribution in [2.75, 3.05) is 0 Å². The average Bonchev–Trinajstić information content (AvgIpc) is 2.31. The summed E-state index contributed by atoms with van der Waals surface area (Å²) in [5.41, 5.74) is 4.79. The second-order valence-corrected chi connectivity index (χ2v) is 4.37. The predicted molar refractivity (Wildman–Crippen MR) is 69.1 cm³/mol. The number of primary amides is 1. The van der Waals surface area contributed by atoms with Crippen LogP contribution in [0.2, 0.25) is 10.0 Å². The van der Waals surface area contributed by atoms with Crippen LogP contribution in [0.5, 0.6) is 0 Å². The van der Waals surface area contributed by atoms with Crippen LogP contribution in [0.1, 0.15) is 17.3 Å². The van der Waals surface area contributed by atoms with Gasteiger partial charge in [0.15, 0.2) is 6.10 Å². The zero-order chi connectivity index (χ0) is 14.6. The van der Waals surface area contributed by atoms with Gasteiger partial charge in [-0.1, -0.05) is 23.2 Å². The van der Waals surface area contributed by atoms with Gasteiger partial charge < -0.3 is 10.5 Å². The van der Waals surface area contributed by atoms with Gasteiger partial charge in [0.25, 0.3) is 5.91 Å². The van der Waals surface area contributed by atoms with Crippen molar-refractivity contribution in [3.8, 4) is 0 Å². The molecule has 0 radical (unpaired) electrons. The lowest BCUT2D eigenvalue weighted by Gasteiger charge is -2.12. The number of ether oxygens (including phenoxy) is 1. The van der Waals surface area contributed by atoms with Gasteiger partial charge in [0.1, 0.15) is 0 Å². The zero-order valence-corrected chi connectivity index (χ0v) is 11.3. The highest BCUT2D eigenvalue weighted by Gasteiger charge is 2.21. The Morgan fingerprint density at radius 3 is 2.53 bits per heavy atom. The largest absolute Gasteiger partial charge is 0.449 e. The van der Waals surface area contributed by atoms with Gasteiger partial charge in [0.05, 0.1) is 10.6 Å². The molecular weight excluding hydrogens is 295 g/mol. The monoisotopic (exact) mass is 304 g/mol. The highest BCUT2D eigenvalue weighted by molar-refractivity contribution is 6.35. The molecule has 8 heteroatoms. The Balaban J connectivity index is 2.77. The quantitative estimate of drug-likeness (QED) is 0.831. The van der Waals surface area contributed by atoms with Crippen molar-refractivity contribution in [2.24, 2.45) is 5.73 Å². The number of amides is 3. The molecule has 0 aliphatic carbocycles. The second kappa shape index (κ2) is 6.40. The van der Waals surface area contributed by atoms with Gasteiger partial charge in [-0.05, 0) is 25.1 Å². The van der Waals surface area contributed by atoms with Crippen molar-refractivity contribution in [1.82, 2.24) is 5.32 Å². The third kappa shape index (κ3) is 4.42. The van der Waals surface area contributed by atoms with Crippen LogP contribution in [0.4, 0.5) is 4.79 Å². The number of urea groups is 1. The van der Waals surface area contributed by atoms with Crippen LogP contribution in [0.25, 0.3) is 0 Å². The van der Waals surface area contributed by atoms with Crippen LogP contribution in [0, 0.1) is 0 Å². The van der Waals surface area contributed by atoms with Gasteiger partial charge >= 0.3 is 12.0 Å². The number of nitrogens with two attached hydrogens (primary N) is 1. The summed E-state index contributed by atoms with van der Waals surface area (Å²) in [5, 5.41) is 2.22. The molecule has 0 bridgehead atoms. The van der Waals surface area contributed by atoms with Crippen molar-refractivity contribution in [3.05, 3.63) is 33.8 Å². The molecule has 0 heterocycles. The van der Waals surface area contributed by atoms with Gasteiger partial charge in [-0.25, -0.2) is 9.59 Å². The highest BCUT2D eigenvalue weighted by atomic mass is 35.5. The molecule has 1 rings (SSSR count). The van der Waals surface area contributed by atoms with Gasteiger partial charge in [-0.2, -0.15) is 0 Å². The SMILES string of the molecule is CC(OC(=O)c1cc(Cl)ccc1Cl)C(=O)NC(N)=O. The summed E-state index contributed by atoms with van der Waals surface area (Å²) in [5.74, 6) is -1.67. The standard InChI is InChI=1S/C11H10Cl2N2O4/c1-5(9(16)15-11(14)18)19-10(17)7-4-6(12)2-3-8(7)13/h2-5H,1H3,(H3,14,15,16,18). The summed E-state index contributed by atoms with van der Waals surface area (Å²) in [6.07, 6.45) is -1.20. The van der Waals surface area contributed by atoms with Crippen molar-refractivity contribution >= 4 is 41.1 Å². The predicted octanol–water partition coefficient (Wildman–Crippen LogP) is 1.73. The molecule has 6 nitrogen and oxygen atoms in total. The highest BCUT2D eigenvalue weighted by Crippen LogP contribution is 2.21. The molecule has 3 N–H and O–H groups in total. The average molecular weight is 305 g/mol. The first-order chi connectivity index (χ1) is 8.81. The molecule has 19 heavy (non-hydrogen) atoms.